The van der Waals surface area contributed by atoms with E-state index in [1.807, 2.05) is 0 Å². The van der Waals surface area contributed by atoms with Gasteiger partial charge in [0.05, 0.1) is 38.9 Å². The van der Waals surface area contributed by atoms with Crippen molar-refractivity contribution in [2.24, 2.45) is 0 Å². The summed E-state index contributed by atoms with van der Waals surface area (Å²) < 4.78 is 112. The minimum atomic E-state index is -5.21. The smallest absolute Gasteiger partial charge is 0.748 e. The van der Waals surface area contributed by atoms with E-state index < -0.39 is 58.0 Å². The van der Waals surface area contributed by atoms with Crippen molar-refractivity contribution in [3.05, 3.63) is 47.5 Å². The molecule has 0 fully saturated rings. The van der Waals surface area contributed by atoms with Crippen LogP contribution < -0.4 is 155 Å². The minimum absolute atomic E-state index is 0. The van der Waals surface area contributed by atoms with Crippen LogP contribution >= 0.6 is 12.0 Å². The quantitative estimate of drug-likeness (QED) is 0.00614. The Morgan fingerprint density at radius 1 is 0.641 bits per heavy atom. The van der Waals surface area contributed by atoms with Crippen molar-refractivity contribution in [2.75, 3.05) is 69.7 Å². The number of nitrogens with one attached hydrogen (secondary N) is 6. The second kappa shape index (κ2) is 29.7. The van der Waals surface area contributed by atoms with Gasteiger partial charge in [0.15, 0.2) is 0 Å². The fourth-order valence-electron chi connectivity index (χ4n) is 4.60. The largest absolute Gasteiger partial charge is 1.00 e. The standard InChI is InChI=1S/C30H40N12O14S4.4Na/c1-17(15-43)33-27-37-25(31-9-11-57-56-55-45)39-29(41-27)35-21-7-5-19(23(13-21)59(49,50)51)3-4-20-6-8-22(14-24(20)60(52,53)54)36-30-40-26(32-10-12-58(46,47)48)38-28(42-30)34-18(2)16-44;;;;/h3-8,13-14,17-18,43-45H,9-12,15-16H2,1-2H3,(H,46,47,48)(H,49,50,51)(H,52,53,54)(H3,31,33,35,37,39,41)(H3,32,34,36,38,40,42);;;;/q;4*+1/p-4/b4-3+;;;;. The van der Waals surface area contributed by atoms with Crippen LogP contribution in [-0.4, -0.2) is 129 Å². The molecule has 4 aromatic rings. The molecule has 0 radical (unpaired) electrons. The Labute approximate surface area is 460 Å². The molecule has 0 spiro atoms. The molecule has 64 heavy (non-hydrogen) atoms. The average molecular weight is 1010 g/mol. The van der Waals surface area contributed by atoms with Gasteiger partial charge in [0, 0.05) is 54.3 Å². The van der Waals surface area contributed by atoms with E-state index in [9.17, 15) is 54.4 Å². The Bertz CT molecular complexity index is 2490. The number of benzene rings is 2. The molecule has 0 bridgehead atoms. The molecule has 2 atom stereocenters. The van der Waals surface area contributed by atoms with Crippen LogP contribution in [0.4, 0.5) is 47.1 Å². The van der Waals surface area contributed by atoms with Gasteiger partial charge < -0.3 is 61.0 Å². The van der Waals surface area contributed by atoms with Gasteiger partial charge in [-0.2, -0.15) is 34.2 Å². The molecule has 26 nitrogen and oxygen atoms in total. The maximum atomic E-state index is 12.4. The van der Waals surface area contributed by atoms with Gasteiger partial charge in [-0.1, -0.05) is 24.3 Å². The number of aromatic nitrogens is 6. The summed E-state index contributed by atoms with van der Waals surface area (Å²) in [7, 11) is -15.0. The second-order valence-electron chi connectivity index (χ2n) is 12.1. The number of aliphatic hydroxyl groups is 2. The average Bonchev–Trinajstić information content (AvgIpc) is 3.16. The maximum absolute atomic E-state index is 12.4. The third-order valence-corrected chi connectivity index (χ3v) is 10.3. The van der Waals surface area contributed by atoms with Crippen LogP contribution in [0.2, 0.25) is 0 Å². The molecule has 0 amide bonds. The van der Waals surface area contributed by atoms with E-state index in [1.165, 1.54) is 24.3 Å². The molecule has 34 heteroatoms. The third kappa shape index (κ3) is 21.9. The van der Waals surface area contributed by atoms with Crippen molar-refractivity contribution >= 4 is 102 Å². The maximum Gasteiger partial charge on any atom is 1.00 e. The zero-order valence-corrected chi connectivity index (χ0v) is 46.4. The van der Waals surface area contributed by atoms with Crippen molar-refractivity contribution in [1.82, 2.24) is 29.9 Å². The molecule has 2 heterocycles. The van der Waals surface area contributed by atoms with E-state index in [-0.39, 0.29) is 208 Å². The SMILES string of the molecule is CC(CO)Nc1nc(NCCSOO[O-])nc(Nc2ccc(/C=C/c3ccc(Nc4nc(NCCS(=O)(=O)[O-])nc(NC(C)CO)n4)cc3S(=O)(=O)[O-])c(S(=O)(=O)[O-])c2)n1.[Na+].[Na+].[Na+].[Na+]. The molecule has 0 aliphatic heterocycles. The van der Waals surface area contributed by atoms with Gasteiger partial charge >= 0.3 is 118 Å². The molecular weight excluding hydrogens is 973 g/mol. The summed E-state index contributed by atoms with van der Waals surface area (Å²) in [6, 6.07) is 5.93. The molecule has 0 aliphatic rings. The normalized spacial score (nSPS) is 12.3. The second-order valence-corrected chi connectivity index (χ2v) is 17.1. The van der Waals surface area contributed by atoms with Gasteiger partial charge in [0.2, 0.25) is 35.7 Å². The molecule has 2 unspecified atom stereocenters. The number of hydrogen-bond acceptors (Lipinski definition) is 27. The Balaban J connectivity index is 0.00000992. The van der Waals surface area contributed by atoms with E-state index in [4.69, 9.17) is 0 Å². The van der Waals surface area contributed by atoms with Gasteiger partial charge in [0.25, 0.3) is 0 Å². The van der Waals surface area contributed by atoms with Crippen LogP contribution in [0.15, 0.2) is 46.2 Å². The van der Waals surface area contributed by atoms with Crippen molar-refractivity contribution in [3.63, 3.8) is 0 Å². The predicted molar refractivity (Wildman–Crippen MR) is 210 cm³/mol. The van der Waals surface area contributed by atoms with Crippen LogP contribution in [0.1, 0.15) is 25.0 Å². The molecule has 328 valence electrons. The van der Waals surface area contributed by atoms with E-state index in [2.05, 4.69) is 71.2 Å². The van der Waals surface area contributed by atoms with Crippen molar-refractivity contribution in [2.45, 2.75) is 35.7 Å². The zero-order chi connectivity index (χ0) is 44.1. The predicted octanol–water partition coefficient (Wildman–Crippen LogP) is -12.6. The number of hydrogen-bond donors (Lipinski definition) is 8. The summed E-state index contributed by atoms with van der Waals surface area (Å²) in [6.45, 7) is 2.42. The van der Waals surface area contributed by atoms with Gasteiger partial charge in [-0.3, -0.25) is 5.04 Å². The molecule has 0 saturated carbocycles. The first-order chi connectivity index (χ1) is 28.3. The molecule has 0 aliphatic carbocycles. The van der Waals surface area contributed by atoms with E-state index in [1.54, 1.807) is 13.8 Å². The molecule has 4 rings (SSSR count). The first-order valence-electron chi connectivity index (χ1n) is 16.9. The number of rotatable bonds is 24. The summed E-state index contributed by atoms with van der Waals surface area (Å²) in [5.41, 5.74) is -0.428. The number of aliphatic hydroxyl groups excluding tert-OH is 2. The van der Waals surface area contributed by atoms with Crippen LogP contribution in [0, 0.1) is 0 Å². The molecular formula is C30H36N12Na4O14S4. The fourth-order valence-corrected chi connectivity index (χ4v) is 6.64. The fraction of sp³-hybridized carbons (Fsp3) is 0.333. The van der Waals surface area contributed by atoms with Crippen LogP contribution in [0.5, 0.6) is 0 Å². The first kappa shape index (κ1) is 62.9. The van der Waals surface area contributed by atoms with Crippen LogP contribution in [0.25, 0.3) is 12.2 Å². The van der Waals surface area contributed by atoms with Crippen molar-refractivity contribution in [3.8, 4) is 0 Å². The summed E-state index contributed by atoms with van der Waals surface area (Å²) in [4.78, 5) is 23.3. The summed E-state index contributed by atoms with van der Waals surface area (Å²) >= 11 is 0.704. The topological polar surface area (TPSA) is 403 Å². The van der Waals surface area contributed by atoms with E-state index in [0.717, 1.165) is 24.3 Å². The Hall–Kier alpha value is -1.12. The number of anilines is 8. The van der Waals surface area contributed by atoms with Crippen LogP contribution in [0.3, 0.4) is 0 Å². The summed E-state index contributed by atoms with van der Waals surface area (Å²) in [5.74, 6) is -1.25. The van der Waals surface area contributed by atoms with Gasteiger partial charge in [-0.15, -0.1) is 0 Å². The van der Waals surface area contributed by atoms with E-state index in [0.29, 0.717) is 12.0 Å². The summed E-state index contributed by atoms with van der Waals surface area (Å²) in [6.07, 6.45) is 2.19. The van der Waals surface area contributed by atoms with Gasteiger partial charge in [-0.25, -0.2) is 25.3 Å². The van der Waals surface area contributed by atoms with Crippen LogP contribution in [-0.2, 0) is 39.7 Å². The Morgan fingerprint density at radius 2 is 1.03 bits per heavy atom. The number of nitrogens with zero attached hydrogens (tertiary/aromatic N) is 6. The van der Waals surface area contributed by atoms with Crippen molar-refractivity contribution in [1.29, 1.82) is 0 Å². The molecule has 2 aromatic heterocycles. The monoisotopic (exact) mass is 1010 g/mol. The minimum Gasteiger partial charge on any atom is -0.748 e. The van der Waals surface area contributed by atoms with Gasteiger partial charge in [-0.05, 0) is 49.2 Å². The Kier molecular flexibility index (Phi) is 29.2. The third-order valence-electron chi connectivity index (χ3n) is 7.27. The molecule has 2 aromatic carbocycles. The molecule has 0 saturated heterocycles. The van der Waals surface area contributed by atoms with Gasteiger partial charge in [0.1, 0.15) is 20.2 Å². The van der Waals surface area contributed by atoms with Crippen molar-refractivity contribution < 1.29 is 182 Å². The zero-order valence-electron chi connectivity index (χ0n) is 35.1. The Morgan fingerprint density at radius 3 is 1.41 bits per heavy atom. The molecule has 8 N–H and O–H groups in total. The summed E-state index contributed by atoms with van der Waals surface area (Å²) in [5, 5.41) is 48.6. The first-order valence-corrected chi connectivity index (χ1v) is 22.2. The van der Waals surface area contributed by atoms with E-state index >= 15 is 0 Å².